The first-order chi connectivity index (χ1) is 14.6. The molecule has 0 aliphatic carbocycles. The first-order valence-electron chi connectivity index (χ1n) is 9.02. The first kappa shape index (κ1) is 23.3. The third-order valence-corrected chi connectivity index (χ3v) is 5.88. The van der Waals surface area contributed by atoms with Crippen LogP contribution in [-0.4, -0.2) is 16.8 Å². The van der Waals surface area contributed by atoms with Crippen LogP contribution in [0.15, 0.2) is 65.6 Å². The van der Waals surface area contributed by atoms with Gasteiger partial charge in [0.1, 0.15) is 5.75 Å². The van der Waals surface area contributed by atoms with Crippen LogP contribution in [0.25, 0.3) is 0 Å². The highest BCUT2D eigenvalue weighted by atomic mass is 35.5. The Balaban J connectivity index is 1.82. The number of halogens is 5. The van der Waals surface area contributed by atoms with Crippen LogP contribution in [0.4, 0.5) is 18.9 Å². The number of carbonyl (C=O) groups excluding carboxylic acids is 1. The molecule has 162 valence electrons. The van der Waals surface area contributed by atoms with E-state index >= 15 is 0 Å². The van der Waals surface area contributed by atoms with Crippen molar-refractivity contribution in [3.8, 4) is 5.75 Å². The fourth-order valence-corrected chi connectivity index (χ4v) is 4.03. The molecule has 3 rings (SSSR count). The number of thioether (sulfide) groups is 1. The molecule has 31 heavy (non-hydrogen) atoms. The number of aromatic hydroxyl groups is 1. The summed E-state index contributed by atoms with van der Waals surface area (Å²) in [7, 11) is 0. The molecule has 0 saturated heterocycles. The minimum absolute atomic E-state index is 0.000284. The minimum Gasteiger partial charge on any atom is -0.507 e. The molecule has 0 aliphatic rings. The third kappa shape index (κ3) is 6.32. The number of rotatable bonds is 6. The Morgan fingerprint density at radius 3 is 2.32 bits per heavy atom. The average Bonchev–Trinajstić information content (AvgIpc) is 2.71. The fraction of sp³-hybridized carbons (Fsp3) is 0.136. The maximum atomic E-state index is 13.2. The smallest absolute Gasteiger partial charge is 0.416 e. The van der Waals surface area contributed by atoms with Gasteiger partial charge in [0.05, 0.1) is 16.8 Å². The zero-order valence-electron chi connectivity index (χ0n) is 15.8. The summed E-state index contributed by atoms with van der Waals surface area (Å²) in [6, 6.07) is 14.3. The lowest BCUT2D eigenvalue weighted by Gasteiger charge is -2.15. The number of carbonyl (C=O) groups is 1. The van der Waals surface area contributed by atoms with Crippen LogP contribution in [-0.2, 0) is 12.6 Å². The number of alkyl halides is 3. The van der Waals surface area contributed by atoms with Crippen LogP contribution >= 0.6 is 35.0 Å². The Labute approximate surface area is 191 Å². The highest BCUT2D eigenvalue weighted by Gasteiger charge is 2.31. The van der Waals surface area contributed by atoms with Gasteiger partial charge in [0.2, 0.25) is 0 Å². The van der Waals surface area contributed by atoms with Crippen LogP contribution in [0, 0.1) is 0 Å². The normalized spacial score (nSPS) is 11.4. The molecule has 3 aromatic carbocycles. The monoisotopic (exact) mass is 485 g/mol. The molecule has 0 spiro atoms. The molecule has 3 nitrogen and oxygen atoms in total. The highest BCUT2D eigenvalue weighted by molar-refractivity contribution is 7.99. The van der Waals surface area contributed by atoms with Gasteiger partial charge in [-0.2, -0.15) is 13.2 Å². The van der Waals surface area contributed by atoms with Crippen molar-refractivity contribution in [1.29, 1.82) is 0 Å². The fourth-order valence-electron chi connectivity index (χ4n) is 2.74. The van der Waals surface area contributed by atoms with E-state index in [0.717, 1.165) is 17.7 Å². The van der Waals surface area contributed by atoms with E-state index in [4.69, 9.17) is 23.2 Å². The summed E-state index contributed by atoms with van der Waals surface area (Å²) in [5.74, 6) is -0.525. The second-order valence-electron chi connectivity index (χ2n) is 6.55. The number of nitrogens with one attached hydrogen (secondary N) is 1. The summed E-state index contributed by atoms with van der Waals surface area (Å²) < 4.78 is 39.6. The third-order valence-electron chi connectivity index (χ3n) is 4.32. The van der Waals surface area contributed by atoms with Crippen molar-refractivity contribution < 1.29 is 23.1 Å². The van der Waals surface area contributed by atoms with Crippen molar-refractivity contribution in [2.45, 2.75) is 17.5 Å². The van der Waals surface area contributed by atoms with Crippen LogP contribution in [0.5, 0.6) is 5.75 Å². The van der Waals surface area contributed by atoms with E-state index < -0.39 is 17.6 Å². The van der Waals surface area contributed by atoms with Crippen LogP contribution in [0.1, 0.15) is 21.5 Å². The second kappa shape index (κ2) is 9.85. The molecule has 0 radical (unpaired) electrons. The first-order valence-corrected chi connectivity index (χ1v) is 10.8. The Morgan fingerprint density at radius 2 is 1.65 bits per heavy atom. The predicted octanol–water partition coefficient (Wildman–Crippen LogP) is 7.30. The Hall–Kier alpha value is -2.35. The quantitative estimate of drug-likeness (QED) is 0.360. The molecule has 2 N–H and O–H groups in total. The van der Waals surface area contributed by atoms with Crippen LogP contribution in [0.3, 0.4) is 0 Å². The lowest BCUT2D eigenvalue weighted by Crippen LogP contribution is -2.14. The molecule has 0 atom stereocenters. The molecular weight excluding hydrogens is 470 g/mol. The molecule has 0 fully saturated rings. The van der Waals surface area contributed by atoms with Gasteiger partial charge in [-0.1, -0.05) is 35.3 Å². The van der Waals surface area contributed by atoms with Gasteiger partial charge in [-0.3, -0.25) is 4.79 Å². The van der Waals surface area contributed by atoms with Crippen molar-refractivity contribution in [3.05, 3.63) is 87.4 Å². The van der Waals surface area contributed by atoms with E-state index in [1.165, 1.54) is 36.0 Å². The van der Waals surface area contributed by atoms with Crippen molar-refractivity contribution in [3.63, 3.8) is 0 Å². The molecule has 3 aromatic rings. The summed E-state index contributed by atoms with van der Waals surface area (Å²) in [6.07, 6.45) is -3.91. The van der Waals surface area contributed by atoms with Gasteiger partial charge >= 0.3 is 6.18 Å². The molecule has 0 aromatic heterocycles. The molecule has 0 aliphatic heterocycles. The number of anilines is 1. The van der Waals surface area contributed by atoms with Gasteiger partial charge in [-0.25, -0.2) is 0 Å². The molecule has 0 saturated carbocycles. The zero-order chi connectivity index (χ0) is 22.6. The molecular formula is C22H16Cl2F3NO2S. The number of benzene rings is 3. The van der Waals surface area contributed by atoms with Gasteiger partial charge in [-0.15, -0.1) is 11.8 Å². The highest BCUT2D eigenvalue weighted by Crippen LogP contribution is 2.36. The standard InChI is InChI=1S/C22H16Cl2F3NO2S/c23-15-4-1-13(2-5-15)9-10-31-20-8-3-14(22(25,26)27)11-18(20)28-21(30)17-12-16(24)6-7-19(17)29/h1-8,11-12,29H,9-10H2,(H,28,30). The number of phenols is 1. The number of phenolic OH excluding ortho intramolecular Hbond substituents is 1. The van der Waals surface area contributed by atoms with Crippen molar-refractivity contribution in [2.75, 3.05) is 11.1 Å². The Kier molecular flexibility index (Phi) is 7.41. The maximum Gasteiger partial charge on any atom is 0.416 e. The van der Waals surface area contributed by atoms with Gasteiger partial charge in [0.15, 0.2) is 0 Å². The topological polar surface area (TPSA) is 49.3 Å². The van der Waals surface area contributed by atoms with E-state index in [1.807, 2.05) is 12.1 Å². The number of hydrogen-bond acceptors (Lipinski definition) is 3. The van der Waals surface area contributed by atoms with E-state index in [2.05, 4.69) is 5.32 Å². The average molecular weight is 486 g/mol. The van der Waals surface area contributed by atoms with E-state index in [1.54, 1.807) is 12.1 Å². The largest absolute Gasteiger partial charge is 0.507 e. The van der Waals surface area contributed by atoms with E-state index in [-0.39, 0.29) is 22.0 Å². The van der Waals surface area contributed by atoms with E-state index in [9.17, 15) is 23.1 Å². The van der Waals surface area contributed by atoms with Gasteiger partial charge in [0, 0.05) is 20.7 Å². The Morgan fingerprint density at radius 1 is 0.968 bits per heavy atom. The maximum absolute atomic E-state index is 13.2. The zero-order valence-corrected chi connectivity index (χ0v) is 18.2. The number of amides is 1. The summed E-state index contributed by atoms with van der Waals surface area (Å²) in [5.41, 5.74) is 0.000692. The molecule has 1 amide bonds. The molecule has 0 bridgehead atoms. The van der Waals surface area contributed by atoms with Gasteiger partial charge in [0.25, 0.3) is 5.91 Å². The molecule has 9 heteroatoms. The molecule has 0 unspecified atom stereocenters. The summed E-state index contributed by atoms with van der Waals surface area (Å²) in [4.78, 5) is 13.1. The van der Waals surface area contributed by atoms with Crippen molar-refractivity contribution >= 4 is 46.6 Å². The predicted molar refractivity (Wildman–Crippen MR) is 118 cm³/mol. The number of hydrogen-bond donors (Lipinski definition) is 2. The number of aryl methyl sites for hydroxylation is 1. The van der Waals surface area contributed by atoms with Crippen molar-refractivity contribution in [2.24, 2.45) is 0 Å². The van der Waals surface area contributed by atoms with Crippen molar-refractivity contribution in [1.82, 2.24) is 0 Å². The second-order valence-corrected chi connectivity index (χ2v) is 8.56. The van der Waals surface area contributed by atoms with Gasteiger partial charge in [-0.05, 0) is 60.5 Å². The summed E-state index contributed by atoms with van der Waals surface area (Å²) in [6.45, 7) is 0. The van der Waals surface area contributed by atoms with Crippen LogP contribution in [0.2, 0.25) is 10.0 Å². The molecule has 0 heterocycles. The van der Waals surface area contributed by atoms with Crippen LogP contribution < -0.4 is 5.32 Å². The summed E-state index contributed by atoms with van der Waals surface area (Å²) in [5, 5.41) is 13.2. The lowest BCUT2D eigenvalue weighted by atomic mass is 10.1. The lowest BCUT2D eigenvalue weighted by molar-refractivity contribution is -0.137. The Bertz CT molecular complexity index is 1090. The minimum atomic E-state index is -4.57. The van der Waals surface area contributed by atoms with E-state index in [0.29, 0.717) is 22.1 Å². The SMILES string of the molecule is O=C(Nc1cc(C(F)(F)F)ccc1SCCc1ccc(Cl)cc1)c1cc(Cl)ccc1O. The van der Waals surface area contributed by atoms with Gasteiger partial charge < -0.3 is 10.4 Å². The summed E-state index contributed by atoms with van der Waals surface area (Å²) >= 11 is 13.0.